The molecule has 1 amide bonds. The third-order valence-electron chi connectivity index (χ3n) is 2.25. The Morgan fingerprint density at radius 2 is 2.06 bits per heavy atom. The van der Waals surface area contributed by atoms with Crippen molar-refractivity contribution in [2.45, 2.75) is 33.2 Å². The number of ether oxygens (including phenoxy) is 3. The van der Waals surface area contributed by atoms with Crippen LogP contribution in [0.3, 0.4) is 0 Å². The summed E-state index contributed by atoms with van der Waals surface area (Å²) in [4.78, 5) is 23.7. The Morgan fingerprint density at radius 1 is 1.44 bits per heavy atom. The molecule has 1 heterocycles. The first-order chi connectivity index (χ1) is 7.47. The van der Waals surface area contributed by atoms with E-state index in [0.29, 0.717) is 0 Å². The maximum atomic E-state index is 11.6. The van der Waals surface area contributed by atoms with E-state index < -0.39 is 24.5 Å². The Labute approximate surface area is 94.4 Å². The van der Waals surface area contributed by atoms with Crippen LogP contribution in [0.1, 0.15) is 20.8 Å². The molecule has 0 aromatic carbocycles. The molecule has 0 aromatic heterocycles. The maximum absolute atomic E-state index is 11.6. The number of methoxy groups -OCH3 is 1. The molecule has 92 valence electrons. The molecule has 6 nitrogen and oxygen atoms in total. The summed E-state index contributed by atoms with van der Waals surface area (Å²) in [6.07, 6.45) is -1.67. The van der Waals surface area contributed by atoms with Gasteiger partial charge in [-0.05, 0) is 5.92 Å². The van der Waals surface area contributed by atoms with Gasteiger partial charge in [0.2, 0.25) is 6.23 Å². The number of hydrogen-bond donors (Lipinski definition) is 0. The average Bonchev–Trinajstić information content (AvgIpc) is 2.59. The van der Waals surface area contributed by atoms with E-state index in [1.54, 1.807) is 0 Å². The molecular formula is C10H17NO5. The zero-order valence-electron chi connectivity index (χ0n) is 9.93. The van der Waals surface area contributed by atoms with Crippen molar-refractivity contribution in [3.8, 4) is 0 Å². The highest BCUT2D eigenvalue weighted by Gasteiger charge is 2.42. The second-order valence-electron chi connectivity index (χ2n) is 3.91. The lowest BCUT2D eigenvalue weighted by atomic mass is 10.2. The van der Waals surface area contributed by atoms with Crippen molar-refractivity contribution in [1.29, 1.82) is 0 Å². The van der Waals surface area contributed by atoms with Crippen molar-refractivity contribution in [3.05, 3.63) is 0 Å². The molecule has 2 unspecified atom stereocenters. The third-order valence-corrected chi connectivity index (χ3v) is 2.25. The Bertz CT molecular complexity index is 278. The van der Waals surface area contributed by atoms with Gasteiger partial charge in [-0.2, -0.15) is 0 Å². The fourth-order valence-corrected chi connectivity index (χ4v) is 1.63. The summed E-state index contributed by atoms with van der Waals surface area (Å²) in [6, 6.07) is 0. The fourth-order valence-electron chi connectivity index (χ4n) is 1.63. The Balaban J connectivity index is 2.79. The van der Waals surface area contributed by atoms with E-state index in [4.69, 9.17) is 9.47 Å². The minimum atomic E-state index is -0.697. The third kappa shape index (κ3) is 2.63. The van der Waals surface area contributed by atoms with Crippen molar-refractivity contribution in [3.63, 3.8) is 0 Å². The minimum Gasteiger partial charge on any atom is -0.453 e. The molecule has 1 rings (SSSR count). The van der Waals surface area contributed by atoms with Crippen molar-refractivity contribution in [2.75, 3.05) is 13.7 Å². The van der Waals surface area contributed by atoms with Crippen molar-refractivity contribution < 1.29 is 23.8 Å². The molecule has 0 saturated carbocycles. The van der Waals surface area contributed by atoms with Crippen molar-refractivity contribution in [1.82, 2.24) is 4.90 Å². The number of amides is 1. The second-order valence-corrected chi connectivity index (χ2v) is 3.91. The number of rotatable bonds is 2. The molecule has 0 radical (unpaired) electrons. The van der Waals surface area contributed by atoms with Crippen LogP contribution < -0.4 is 0 Å². The highest BCUT2D eigenvalue weighted by Crippen LogP contribution is 2.24. The topological polar surface area (TPSA) is 65.1 Å². The van der Waals surface area contributed by atoms with Crippen LogP contribution in [0.4, 0.5) is 4.79 Å². The normalized spacial score (nSPS) is 24.7. The Kier molecular flexibility index (Phi) is 4.12. The summed E-state index contributed by atoms with van der Waals surface area (Å²) in [5.41, 5.74) is 0. The van der Waals surface area contributed by atoms with Gasteiger partial charge < -0.3 is 14.2 Å². The van der Waals surface area contributed by atoms with Gasteiger partial charge in [0, 0.05) is 6.92 Å². The first kappa shape index (κ1) is 12.8. The number of esters is 1. The lowest BCUT2D eigenvalue weighted by Gasteiger charge is -2.27. The molecule has 16 heavy (non-hydrogen) atoms. The van der Waals surface area contributed by atoms with Gasteiger partial charge in [0.05, 0.1) is 7.11 Å². The van der Waals surface area contributed by atoms with Crippen LogP contribution in [0.2, 0.25) is 0 Å². The highest BCUT2D eigenvalue weighted by molar-refractivity contribution is 5.70. The summed E-state index contributed by atoms with van der Waals surface area (Å²) < 4.78 is 15.0. The standard InChI is InChI=1S/C10H17NO5/c1-6(2)9-11(10(13)14-4)8(5-15-9)16-7(3)12/h6,8-9H,5H2,1-4H3. The molecule has 0 bridgehead atoms. The summed E-state index contributed by atoms with van der Waals surface area (Å²) in [7, 11) is 1.28. The van der Waals surface area contributed by atoms with Gasteiger partial charge in [0.25, 0.3) is 0 Å². The van der Waals surface area contributed by atoms with Crippen molar-refractivity contribution in [2.24, 2.45) is 5.92 Å². The van der Waals surface area contributed by atoms with Gasteiger partial charge in [-0.25, -0.2) is 9.69 Å². The highest BCUT2D eigenvalue weighted by atomic mass is 16.6. The molecule has 0 spiro atoms. The van der Waals surface area contributed by atoms with Crippen molar-refractivity contribution >= 4 is 12.1 Å². The molecular weight excluding hydrogens is 214 g/mol. The molecule has 0 aromatic rings. The number of nitrogens with zero attached hydrogens (tertiary/aromatic N) is 1. The smallest absolute Gasteiger partial charge is 0.414 e. The van der Waals surface area contributed by atoms with E-state index in [0.717, 1.165) is 0 Å². The predicted molar refractivity (Wildman–Crippen MR) is 54.4 cm³/mol. The van der Waals surface area contributed by atoms with E-state index in [-0.39, 0.29) is 12.5 Å². The van der Waals surface area contributed by atoms with Gasteiger partial charge in [-0.3, -0.25) is 4.79 Å². The molecule has 1 aliphatic rings. The lowest BCUT2D eigenvalue weighted by molar-refractivity contribution is -0.152. The van der Waals surface area contributed by atoms with Crippen LogP contribution in [-0.2, 0) is 19.0 Å². The van der Waals surface area contributed by atoms with Gasteiger partial charge in [0.15, 0.2) is 0 Å². The Morgan fingerprint density at radius 3 is 2.50 bits per heavy atom. The van der Waals surface area contributed by atoms with Crippen LogP contribution >= 0.6 is 0 Å². The van der Waals surface area contributed by atoms with Gasteiger partial charge in [-0.1, -0.05) is 13.8 Å². The fraction of sp³-hybridized carbons (Fsp3) is 0.800. The predicted octanol–water partition coefficient (Wildman–Crippen LogP) is 0.956. The first-order valence-electron chi connectivity index (χ1n) is 5.12. The lowest BCUT2D eigenvalue weighted by Crippen LogP contribution is -2.45. The summed E-state index contributed by atoms with van der Waals surface area (Å²) in [5.74, 6) is -0.355. The first-order valence-corrected chi connectivity index (χ1v) is 5.12. The summed E-state index contributed by atoms with van der Waals surface area (Å²) in [6.45, 7) is 5.29. The van der Waals surface area contributed by atoms with Crippen LogP contribution in [0, 0.1) is 5.92 Å². The zero-order chi connectivity index (χ0) is 12.3. The SMILES string of the molecule is COC(=O)N1C(OC(C)=O)COC1C(C)C. The summed E-state index contributed by atoms with van der Waals surface area (Å²) in [5, 5.41) is 0. The average molecular weight is 231 g/mol. The van der Waals surface area contributed by atoms with E-state index in [9.17, 15) is 9.59 Å². The quantitative estimate of drug-likeness (QED) is 0.662. The maximum Gasteiger partial charge on any atom is 0.414 e. The molecule has 2 atom stereocenters. The zero-order valence-corrected chi connectivity index (χ0v) is 9.93. The van der Waals surface area contributed by atoms with Gasteiger partial charge in [0.1, 0.15) is 12.8 Å². The number of carbonyl (C=O) groups is 2. The van der Waals surface area contributed by atoms with Crippen LogP contribution in [0.25, 0.3) is 0 Å². The second kappa shape index (κ2) is 5.16. The Hall–Kier alpha value is -1.30. The molecule has 0 aliphatic carbocycles. The minimum absolute atomic E-state index is 0.0969. The van der Waals surface area contributed by atoms with E-state index in [2.05, 4.69) is 4.74 Å². The molecule has 1 fully saturated rings. The molecule has 1 aliphatic heterocycles. The van der Waals surface area contributed by atoms with Gasteiger partial charge >= 0.3 is 12.1 Å². The number of carbonyl (C=O) groups excluding carboxylic acids is 2. The summed E-state index contributed by atoms with van der Waals surface area (Å²) >= 11 is 0. The largest absolute Gasteiger partial charge is 0.453 e. The van der Waals surface area contributed by atoms with Crippen LogP contribution in [-0.4, -0.2) is 43.1 Å². The monoisotopic (exact) mass is 231 g/mol. The molecule has 0 N–H and O–H groups in total. The molecule has 1 saturated heterocycles. The van der Waals surface area contributed by atoms with Gasteiger partial charge in [-0.15, -0.1) is 0 Å². The molecule has 6 heteroatoms. The van der Waals surface area contributed by atoms with E-state index in [1.807, 2.05) is 13.8 Å². The van der Waals surface area contributed by atoms with E-state index in [1.165, 1.54) is 18.9 Å². The van der Waals surface area contributed by atoms with E-state index >= 15 is 0 Å². The number of hydrogen-bond acceptors (Lipinski definition) is 5. The van der Waals surface area contributed by atoms with Crippen LogP contribution in [0.15, 0.2) is 0 Å². The van der Waals surface area contributed by atoms with Crippen LogP contribution in [0.5, 0.6) is 0 Å².